The van der Waals surface area contributed by atoms with Crippen molar-refractivity contribution in [1.82, 2.24) is 0 Å². The van der Waals surface area contributed by atoms with Gasteiger partial charge in [0.1, 0.15) is 17.8 Å². The Labute approximate surface area is 116 Å². The van der Waals surface area contributed by atoms with Crippen LogP contribution in [0.2, 0.25) is 0 Å². The molecule has 5 nitrogen and oxygen atoms in total. The maximum atomic E-state index is 10.7. The van der Waals surface area contributed by atoms with Gasteiger partial charge in [0, 0.05) is 17.7 Å². The molecule has 2 aromatic rings. The number of benzene rings is 2. The lowest BCUT2D eigenvalue weighted by Gasteiger charge is -2.09. The van der Waals surface area contributed by atoms with Crippen molar-refractivity contribution < 1.29 is 14.5 Å². The molecule has 0 heterocycles. The second-order valence-electron chi connectivity index (χ2n) is 4.45. The fraction of sp³-hybridized carbons (Fsp3) is 0.133. The number of hydrogen-bond donors (Lipinski definition) is 0. The Kier molecular flexibility index (Phi) is 3.79. The third-order valence-corrected chi connectivity index (χ3v) is 2.97. The molecule has 20 heavy (non-hydrogen) atoms. The van der Waals surface area contributed by atoms with Crippen molar-refractivity contribution >= 4 is 12.0 Å². The second-order valence-corrected chi connectivity index (χ2v) is 4.45. The topological polar surface area (TPSA) is 69.4 Å². The summed E-state index contributed by atoms with van der Waals surface area (Å²) in [5.74, 6) is 1.14. The third-order valence-electron chi connectivity index (χ3n) is 2.97. The van der Waals surface area contributed by atoms with Gasteiger partial charge in [-0.2, -0.15) is 0 Å². The van der Waals surface area contributed by atoms with Crippen molar-refractivity contribution in [2.75, 3.05) is 0 Å². The number of nitro groups is 1. The standard InChI is InChI=1S/C15H13NO4/c1-10-8-14(5-3-12(10)9-17)20-15-6-4-13(16(18)19)7-11(15)2/h3-9H,1-2H3. The van der Waals surface area contributed by atoms with Gasteiger partial charge in [-0.1, -0.05) is 0 Å². The summed E-state index contributed by atoms with van der Waals surface area (Å²) in [6, 6.07) is 9.55. The van der Waals surface area contributed by atoms with Gasteiger partial charge in [-0.25, -0.2) is 0 Å². The Morgan fingerprint density at radius 3 is 2.40 bits per heavy atom. The maximum absolute atomic E-state index is 10.7. The van der Waals surface area contributed by atoms with Crippen LogP contribution in [0.3, 0.4) is 0 Å². The zero-order valence-electron chi connectivity index (χ0n) is 11.1. The van der Waals surface area contributed by atoms with E-state index in [1.54, 1.807) is 31.2 Å². The highest BCUT2D eigenvalue weighted by atomic mass is 16.6. The Morgan fingerprint density at radius 1 is 1.10 bits per heavy atom. The van der Waals surface area contributed by atoms with Crippen molar-refractivity contribution in [1.29, 1.82) is 0 Å². The van der Waals surface area contributed by atoms with Gasteiger partial charge in [-0.05, 0) is 49.2 Å². The number of aryl methyl sites for hydroxylation is 2. The fourth-order valence-electron chi connectivity index (χ4n) is 1.83. The van der Waals surface area contributed by atoms with Gasteiger partial charge in [0.15, 0.2) is 0 Å². The van der Waals surface area contributed by atoms with Gasteiger partial charge >= 0.3 is 0 Å². The van der Waals surface area contributed by atoms with Crippen LogP contribution >= 0.6 is 0 Å². The zero-order valence-corrected chi connectivity index (χ0v) is 11.1. The molecule has 5 heteroatoms. The average Bonchev–Trinajstić information content (AvgIpc) is 2.41. The van der Waals surface area contributed by atoms with E-state index in [1.807, 2.05) is 6.92 Å². The number of rotatable bonds is 4. The van der Waals surface area contributed by atoms with E-state index in [9.17, 15) is 14.9 Å². The lowest BCUT2D eigenvalue weighted by Crippen LogP contribution is -1.93. The average molecular weight is 271 g/mol. The summed E-state index contributed by atoms with van der Waals surface area (Å²) in [4.78, 5) is 21.0. The normalized spacial score (nSPS) is 10.1. The van der Waals surface area contributed by atoms with Crippen LogP contribution in [-0.2, 0) is 0 Å². The molecule has 0 aliphatic rings. The van der Waals surface area contributed by atoms with Crippen molar-refractivity contribution in [2.45, 2.75) is 13.8 Å². The number of non-ortho nitro benzene ring substituents is 1. The van der Waals surface area contributed by atoms with E-state index in [4.69, 9.17) is 4.74 Å². The molecule has 0 atom stereocenters. The number of nitrogens with zero attached hydrogens (tertiary/aromatic N) is 1. The molecule has 0 aromatic heterocycles. The molecule has 0 aliphatic carbocycles. The quantitative estimate of drug-likeness (QED) is 0.481. The van der Waals surface area contributed by atoms with Crippen LogP contribution in [0.5, 0.6) is 11.5 Å². The van der Waals surface area contributed by atoms with Gasteiger partial charge in [-0.3, -0.25) is 14.9 Å². The summed E-state index contributed by atoms with van der Waals surface area (Å²) in [5.41, 5.74) is 2.13. The number of ether oxygens (including phenoxy) is 1. The van der Waals surface area contributed by atoms with Gasteiger partial charge in [0.25, 0.3) is 5.69 Å². The third kappa shape index (κ3) is 2.83. The van der Waals surface area contributed by atoms with E-state index in [2.05, 4.69) is 0 Å². The molecule has 2 aromatic carbocycles. The molecule has 0 radical (unpaired) electrons. The summed E-state index contributed by atoms with van der Waals surface area (Å²) < 4.78 is 5.69. The maximum Gasteiger partial charge on any atom is 0.269 e. The number of hydrogen-bond acceptors (Lipinski definition) is 4. The number of carbonyl (C=O) groups excluding carboxylic acids is 1. The van der Waals surface area contributed by atoms with Crippen LogP contribution in [0.15, 0.2) is 36.4 Å². The first-order valence-electron chi connectivity index (χ1n) is 6.00. The zero-order chi connectivity index (χ0) is 14.7. The predicted molar refractivity (Wildman–Crippen MR) is 74.5 cm³/mol. The lowest BCUT2D eigenvalue weighted by atomic mass is 10.1. The number of nitro benzene ring substituents is 1. The Balaban J connectivity index is 2.28. The molecule has 0 bridgehead atoms. The smallest absolute Gasteiger partial charge is 0.269 e. The summed E-state index contributed by atoms with van der Waals surface area (Å²) in [6.07, 6.45) is 0.788. The molecule has 0 amide bonds. The van der Waals surface area contributed by atoms with Crippen LogP contribution in [-0.4, -0.2) is 11.2 Å². The predicted octanol–water partition coefficient (Wildman–Crippen LogP) is 3.82. The largest absolute Gasteiger partial charge is 0.457 e. The van der Waals surface area contributed by atoms with E-state index >= 15 is 0 Å². The Bertz CT molecular complexity index is 680. The lowest BCUT2D eigenvalue weighted by molar-refractivity contribution is -0.384. The molecule has 0 saturated heterocycles. The first kappa shape index (κ1) is 13.7. The molecule has 102 valence electrons. The molecule has 2 rings (SSSR count). The van der Waals surface area contributed by atoms with Gasteiger partial charge in [0.2, 0.25) is 0 Å². The SMILES string of the molecule is Cc1cc(Oc2ccc([N+](=O)[O-])cc2C)ccc1C=O. The minimum absolute atomic E-state index is 0.0299. The van der Waals surface area contributed by atoms with E-state index < -0.39 is 4.92 Å². The van der Waals surface area contributed by atoms with Crippen LogP contribution in [0.1, 0.15) is 21.5 Å². The van der Waals surface area contributed by atoms with Gasteiger partial charge < -0.3 is 4.74 Å². The van der Waals surface area contributed by atoms with E-state index in [0.29, 0.717) is 22.6 Å². The van der Waals surface area contributed by atoms with Crippen LogP contribution in [0.25, 0.3) is 0 Å². The molecule has 0 spiro atoms. The Morgan fingerprint density at radius 2 is 1.85 bits per heavy atom. The molecular weight excluding hydrogens is 258 g/mol. The minimum Gasteiger partial charge on any atom is -0.457 e. The first-order valence-corrected chi connectivity index (χ1v) is 6.00. The molecule has 0 fully saturated rings. The minimum atomic E-state index is -0.445. The monoisotopic (exact) mass is 271 g/mol. The van der Waals surface area contributed by atoms with Gasteiger partial charge in [-0.15, -0.1) is 0 Å². The molecule has 0 saturated carbocycles. The summed E-state index contributed by atoms with van der Waals surface area (Å²) in [6.45, 7) is 3.56. The summed E-state index contributed by atoms with van der Waals surface area (Å²) in [7, 11) is 0. The van der Waals surface area contributed by atoms with Crippen LogP contribution in [0, 0.1) is 24.0 Å². The van der Waals surface area contributed by atoms with Crippen molar-refractivity contribution in [2.24, 2.45) is 0 Å². The molecule has 0 unspecified atom stereocenters. The molecule has 0 aliphatic heterocycles. The Hall–Kier alpha value is -2.69. The number of aldehydes is 1. The number of carbonyl (C=O) groups is 1. The summed E-state index contributed by atoms with van der Waals surface area (Å²) >= 11 is 0. The van der Waals surface area contributed by atoms with Crippen LogP contribution in [0.4, 0.5) is 5.69 Å². The van der Waals surface area contributed by atoms with Crippen LogP contribution < -0.4 is 4.74 Å². The molecule has 0 N–H and O–H groups in total. The molecular formula is C15H13NO4. The fourth-order valence-corrected chi connectivity index (χ4v) is 1.83. The van der Waals surface area contributed by atoms with Crippen molar-refractivity contribution in [3.05, 3.63) is 63.2 Å². The van der Waals surface area contributed by atoms with Crippen molar-refractivity contribution in [3.63, 3.8) is 0 Å². The summed E-state index contributed by atoms with van der Waals surface area (Å²) in [5, 5.41) is 10.7. The highest BCUT2D eigenvalue weighted by Gasteiger charge is 2.10. The highest BCUT2D eigenvalue weighted by molar-refractivity contribution is 5.77. The van der Waals surface area contributed by atoms with E-state index in [-0.39, 0.29) is 5.69 Å². The first-order chi connectivity index (χ1) is 9.51. The second kappa shape index (κ2) is 5.52. The van der Waals surface area contributed by atoms with Crippen molar-refractivity contribution in [3.8, 4) is 11.5 Å². The highest BCUT2D eigenvalue weighted by Crippen LogP contribution is 2.28. The van der Waals surface area contributed by atoms with E-state index in [0.717, 1.165) is 11.8 Å². The van der Waals surface area contributed by atoms with Gasteiger partial charge in [0.05, 0.1) is 4.92 Å². The van der Waals surface area contributed by atoms with E-state index in [1.165, 1.54) is 12.1 Å².